The van der Waals surface area contributed by atoms with E-state index in [-0.39, 0.29) is 5.41 Å². The van der Waals surface area contributed by atoms with Gasteiger partial charge in [-0.15, -0.1) is 0 Å². The number of nitrogens with zero attached hydrogens (tertiary/aromatic N) is 2. The fraction of sp³-hybridized carbons (Fsp3) is 0.423. The van der Waals surface area contributed by atoms with E-state index in [0.717, 1.165) is 25.4 Å². The van der Waals surface area contributed by atoms with Crippen molar-refractivity contribution >= 4 is 10.0 Å². The molecule has 2 rings (SSSR count). The Morgan fingerprint density at radius 3 is 2.63 bits per heavy atom. The minimum atomic E-state index is -1.04. The molecule has 0 radical (unpaired) electrons. The lowest BCUT2D eigenvalue weighted by atomic mass is 9.98. The summed E-state index contributed by atoms with van der Waals surface area (Å²) < 4.78 is 6.18. The summed E-state index contributed by atoms with van der Waals surface area (Å²) in [5, 5.41) is 0. The van der Waals surface area contributed by atoms with Gasteiger partial charge in [-0.3, -0.25) is 9.88 Å². The van der Waals surface area contributed by atoms with Crippen molar-refractivity contribution in [2.24, 2.45) is 5.41 Å². The van der Waals surface area contributed by atoms with E-state index in [4.69, 9.17) is 4.74 Å². The first-order chi connectivity index (χ1) is 14.2. The zero-order chi connectivity index (χ0) is 22.0. The van der Waals surface area contributed by atoms with Gasteiger partial charge < -0.3 is 4.74 Å². The van der Waals surface area contributed by atoms with Crippen LogP contribution in [-0.4, -0.2) is 41.4 Å². The second kappa shape index (κ2) is 11.2. The van der Waals surface area contributed by atoms with Crippen LogP contribution in [-0.2, 0) is 6.54 Å². The van der Waals surface area contributed by atoms with Crippen LogP contribution < -0.4 is 4.74 Å². The number of ether oxygens (including phenoxy) is 1. The van der Waals surface area contributed by atoms with Gasteiger partial charge in [-0.2, -0.15) is 10.0 Å². The SMILES string of the molecule is CCN(C/C=C/C#CC(C)(C)C)Cc1cccc(OCS(C)(C)c2cccnc2)c1. The monoisotopic (exact) mass is 424 g/mol. The molecule has 30 heavy (non-hydrogen) atoms. The van der Waals surface area contributed by atoms with E-state index in [1.807, 2.05) is 30.6 Å². The summed E-state index contributed by atoms with van der Waals surface area (Å²) in [5.74, 6) is 8.00. The second-order valence-electron chi connectivity index (χ2n) is 8.89. The van der Waals surface area contributed by atoms with Gasteiger partial charge in [0.25, 0.3) is 0 Å². The molecule has 0 bridgehead atoms. The molecule has 0 saturated heterocycles. The highest BCUT2D eigenvalue weighted by Gasteiger charge is 2.16. The van der Waals surface area contributed by atoms with Crippen LogP contribution in [0.15, 0.2) is 65.8 Å². The summed E-state index contributed by atoms with van der Waals surface area (Å²) in [4.78, 5) is 7.91. The lowest BCUT2D eigenvalue weighted by Crippen LogP contribution is -2.22. The smallest absolute Gasteiger partial charge is 0.122 e. The number of likely N-dealkylation sites (N-methyl/N-ethyl adjacent to an activating group) is 1. The van der Waals surface area contributed by atoms with Gasteiger partial charge in [0.2, 0.25) is 0 Å². The van der Waals surface area contributed by atoms with Crippen molar-refractivity contribution in [1.82, 2.24) is 9.88 Å². The summed E-state index contributed by atoms with van der Waals surface area (Å²) >= 11 is 0. The number of hydrogen-bond acceptors (Lipinski definition) is 3. The largest absolute Gasteiger partial charge is 0.484 e. The molecule has 0 spiro atoms. The number of allylic oxidation sites excluding steroid dienone is 1. The molecule has 2 aromatic rings. The summed E-state index contributed by atoms with van der Waals surface area (Å²) in [6.07, 6.45) is 12.4. The quantitative estimate of drug-likeness (QED) is 0.464. The van der Waals surface area contributed by atoms with E-state index in [0.29, 0.717) is 5.94 Å². The third-order valence-corrected chi connectivity index (χ3v) is 6.78. The summed E-state index contributed by atoms with van der Waals surface area (Å²) in [7, 11) is -1.04. The first-order valence-electron chi connectivity index (χ1n) is 10.4. The normalized spacial score (nSPS) is 12.6. The molecule has 0 atom stereocenters. The number of rotatable bonds is 9. The third kappa shape index (κ3) is 8.65. The summed E-state index contributed by atoms with van der Waals surface area (Å²) in [5.41, 5.74) is 1.31. The molecule has 162 valence electrons. The minimum absolute atomic E-state index is 0.0442. The highest BCUT2D eigenvalue weighted by Crippen LogP contribution is 2.48. The van der Waals surface area contributed by atoms with Crippen molar-refractivity contribution in [2.45, 2.75) is 39.1 Å². The van der Waals surface area contributed by atoms with Crippen molar-refractivity contribution in [2.75, 3.05) is 31.5 Å². The molecule has 1 heterocycles. The van der Waals surface area contributed by atoms with E-state index < -0.39 is 10.0 Å². The molecule has 0 fully saturated rings. The molecule has 0 aliphatic carbocycles. The van der Waals surface area contributed by atoms with Crippen LogP contribution in [0.3, 0.4) is 0 Å². The van der Waals surface area contributed by atoms with E-state index in [1.165, 1.54) is 10.5 Å². The zero-order valence-corrected chi connectivity index (χ0v) is 20.1. The lowest BCUT2D eigenvalue weighted by Gasteiger charge is -2.31. The number of pyridine rings is 1. The van der Waals surface area contributed by atoms with Gasteiger partial charge >= 0.3 is 0 Å². The number of aromatic nitrogens is 1. The molecule has 3 nitrogen and oxygen atoms in total. The van der Waals surface area contributed by atoms with Gasteiger partial charge in [-0.1, -0.05) is 37.0 Å². The standard InChI is InChI=1S/C26H36N2OS/c1-7-28(18-10-8-9-16-26(2,3)4)21-23-13-11-14-24(19-23)29-22-30(5,6)25-15-12-17-27-20-25/h8,10-15,17,19-20H,7,18,21-22H2,1-6H3/b10-8+. The van der Waals surface area contributed by atoms with Gasteiger partial charge in [-0.25, -0.2) is 0 Å². The van der Waals surface area contributed by atoms with Gasteiger partial charge in [0.05, 0.1) is 0 Å². The van der Waals surface area contributed by atoms with E-state index >= 15 is 0 Å². The lowest BCUT2D eigenvalue weighted by molar-refractivity contribution is 0.310. The van der Waals surface area contributed by atoms with E-state index in [2.05, 4.69) is 92.3 Å². The predicted molar refractivity (Wildman–Crippen MR) is 131 cm³/mol. The molecule has 0 aliphatic heterocycles. The Morgan fingerprint density at radius 2 is 1.97 bits per heavy atom. The highest BCUT2D eigenvalue weighted by atomic mass is 32.3. The van der Waals surface area contributed by atoms with Crippen LogP contribution >= 0.6 is 10.0 Å². The van der Waals surface area contributed by atoms with Crippen molar-refractivity contribution in [1.29, 1.82) is 0 Å². The third-order valence-electron chi connectivity index (χ3n) is 4.56. The Bertz CT molecular complexity index is 873. The van der Waals surface area contributed by atoms with Crippen molar-refractivity contribution in [3.63, 3.8) is 0 Å². The van der Waals surface area contributed by atoms with Crippen LogP contribution in [0, 0.1) is 17.3 Å². The maximum Gasteiger partial charge on any atom is 0.122 e. The van der Waals surface area contributed by atoms with Crippen molar-refractivity contribution < 1.29 is 4.74 Å². The molecule has 0 saturated carbocycles. The van der Waals surface area contributed by atoms with Crippen molar-refractivity contribution in [3.8, 4) is 17.6 Å². The molecule has 0 aliphatic rings. The number of hydrogen-bond donors (Lipinski definition) is 0. The van der Waals surface area contributed by atoms with Gasteiger partial charge in [0, 0.05) is 35.8 Å². The van der Waals surface area contributed by atoms with Gasteiger partial charge in [-0.05, 0) is 75.7 Å². The first-order valence-corrected chi connectivity index (χ1v) is 13.0. The molecule has 0 unspecified atom stereocenters. The van der Waals surface area contributed by atoms with Gasteiger partial charge in [0.15, 0.2) is 0 Å². The fourth-order valence-electron chi connectivity index (χ4n) is 2.77. The van der Waals surface area contributed by atoms with E-state index in [1.54, 1.807) is 0 Å². The fourth-order valence-corrected chi connectivity index (χ4v) is 4.13. The maximum atomic E-state index is 6.18. The zero-order valence-electron chi connectivity index (χ0n) is 19.3. The summed E-state index contributed by atoms with van der Waals surface area (Å²) in [6.45, 7) is 11.3. The molecule has 4 heteroatoms. The topological polar surface area (TPSA) is 25.4 Å². The average molecular weight is 425 g/mol. The first kappa shape index (κ1) is 24.1. The Morgan fingerprint density at radius 1 is 1.17 bits per heavy atom. The molecule has 0 amide bonds. The van der Waals surface area contributed by atoms with Crippen LogP contribution in [0.4, 0.5) is 0 Å². The van der Waals surface area contributed by atoms with E-state index in [9.17, 15) is 0 Å². The Labute approximate surface area is 184 Å². The van der Waals surface area contributed by atoms with Crippen molar-refractivity contribution in [3.05, 3.63) is 66.5 Å². The van der Waals surface area contributed by atoms with Crippen LogP contribution in [0.5, 0.6) is 5.75 Å². The second-order valence-corrected chi connectivity index (χ2v) is 12.7. The van der Waals surface area contributed by atoms with Crippen LogP contribution in [0.1, 0.15) is 33.3 Å². The highest BCUT2D eigenvalue weighted by molar-refractivity contribution is 8.32. The minimum Gasteiger partial charge on any atom is -0.484 e. The Balaban J connectivity index is 1.93. The maximum absolute atomic E-state index is 6.18. The molecule has 1 aromatic heterocycles. The summed E-state index contributed by atoms with van der Waals surface area (Å²) in [6, 6.07) is 12.6. The predicted octanol–water partition coefficient (Wildman–Crippen LogP) is 5.97. The Hall–Kier alpha value is -2.22. The molecule has 0 N–H and O–H groups in total. The molecule has 1 aromatic carbocycles. The molecular weight excluding hydrogens is 388 g/mol. The number of benzene rings is 1. The van der Waals surface area contributed by atoms with Gasteiger partial charge in [0.1, 0.15) is 11.7 Å². The average Bonchev–Trinajstić information content (AvgIpc) is 2.71. The van der Waals surface area contributed by atoms with Crippen LogP contribution in [0.2, 0.25) is 0 Å². The Kier molecular flexibility index (Phi) is 9.02. The molecular formula is C26H36N2OS. The van der Waals surface area contributed by atoms with Crippen LogP contribution in [0.25, 0.3) is 0 Å².